The first-order valence-corrected chi connectivity index (χ1v) is 8.37. The number of hydrogen-bond donors (Lipinski definition) is 0. The summed E-state index contributed by atoms with van der Waals surface area (Å²) in [7, 11) is 1.59. The highest BCUT2D eigenvalue weighted by atomic mass is 16.5. The van der Waals surface area contributed by atoms with Crippen molar-refractivity contribution < 1.29 is 14.3 Å². The Labute approximate surface area is 146 Å². The van der Waals surface area contributed by atoms with E-state index < -0.39 is 0 Å². The van der Waals surface area contributed by atoms with E-state index in [1.165, 1.54) is 10.9 Å². The molecule has 5 heteroatoms. The Balaban J connectivity index is 1.45. The van der Waals surface area contributed by atoms with Gasteiger partial charge in [0.05, 0.1) is 13.7 Å². The summed E-state index contributed by atoms with van der Waals surface area (Å²) in [5, 5.41) is 1.22. The van der Waals surface area contributed by atoms with Gasteiger partial charge in [-0.2, -0.15) is 0 Å². The van der Waals surface area contributed by atoms with Crippen LogP contribution in [0.5, 0.6) is 11.5 Å². The molecule has 5 nitrogen and oxygen atoms in total. The summed E-state index contributed by atoms with van der Waals surface area (Å²) < 4.78 is 13.2. The minimum atomic E-state index is -0.0117. The van der Waals surface area contributed by atoms with Crippen molar-refractivity contribution >= 4 is 16.8 Å². The fraction of sp³-hybridized carbons (Fsp3) is 0.250. The number of para-hydroxylation sites is 3. The van der Waals surface area contributed by atoms with Gasteiger partial charge in [0.2, 0.25) is 0 Å². The second-order valence-corrected chi connectivity index (χ2v) is 6.10. The van der Waals surface area contributed by atoms with Crippen LogP contribution in [0, 0.1) is 0 Å². The summed E-state index contributed by atoms with van der Waals surface area (Å²) in [6, 6.07) is 17.8. The van der Waals surface area contributed by atoms with Crippen LogP contribution in [0.2, 0.25) is 0 Å². The maximum Gasteiger partial charge on any atom is 0.260 e. The zero-order chi connectivity index (χ0) is 17.2. The molecule has 0 atom stereocenters. The van der Waals surface area contributed by atoms with Gasteiger partial charge in [0.1, 0.15) is 0 Å². The average molecular weight is 336 g/mol. The van der Waals surface area contributed by atoms with E-state index >= 15 is 0 Å². The number of benzene rings is 2. The molecular weight excluding hydrogens is 316 g/mol. The zero-order valence-corrected chi connectivity index (χ0v) is 14.1. The van der Waals surface area contributed by atoms with E-state index in [0.717, 1.165) is 12.2 Å². The third-order valence-corrected chi connectivity index (χ3v) is 4.62. The second kappa shape index (κ2) is 6.51. The number of carbonyl (C=O) groups is 1. The van der Waals surface area contributed by atoms with Crippen LogP contribution < -0.4 is 9.47 Å². The zero-order valence-electron chi connectivity index (χ0n) is 14.1. The molecule has 1 amide bonds. The highest BCUT2D eigenvalue weighted by Gasteiger charge is 2.22. The molecule has 1 aliphatic heterocycles. The van der Waals surface area contributed by atoms with Crippen LogP contribution in [0.1, 0.15) is 5.69 Å². The summed E-state index contributed by atoms with van der Waals surface area (Å²) >= 11 is 0. The first-order valence-electron chi connectivity index (χ1n) is 8.37. The van der Waals surface area contributed by atoms with Crippen LogP contribution in [0.4, 0.5) is 0 Å². The largest absolute Gasteiger partial charge is 0.493 e. The Bertz CT molecular complexity index is 916. The fourth-order valence-corrected chi connectivity index (χ4v) is 3.34. The number of carbonyl (C=O) groups excluding carboxylic acids is 1. The molecule has 0 fully saturated rings. The molecule has 4 rings (SSSR count). The number of nitrogens with zero attached hydrogens (tertiary/aromatic N) is 2. The first kappa shape index (κ1) is 15.6. The van der Waals surface area contributed by atoms with E-state index in [-0.39, 0.29) is 12.5 Å². The minimum Gasteiger partial charge on any atom is -0.493 e. The molecule has 2 heterocycles. The Hall–Kier alpha value is -2.95. The summed E-state index contributed by atoms with van der Waals surface area (Å²) in [5.74, 6) is 1.21. The molecule has 128 valence electrons. The standard InChI is InChI=1S/C20H20N2O3/c1-24-18-8-4-5-9-19(18)25-14-20(23)21-10-11-22-16(13-21)12-15-6-2-3-7-17(15)22/h2-9,12H,10-11,13-14H2,1H3. The maximum atomic E-state index is 12.5. The smallest absolute Gasteiger partial charge is 0.260 e. The Morgan fingerprint density at radius 2 is 1.80 bits per heavy atom. The third kappa shape index (κ3) is 2.93. The Morgan fingerprint density at radius 1 is 1.04 bits per heavy atom. The van der Waals surface area contributed by atoms with Crippen molar-refractivity contribution in [3.05, 3.63) is 60.3 Å². The molecule has 0 radical (unpaired) electrons. The predicted octanol–water partition coefficient (Wildman–Crippen LogP) is 3.07. The van der Waals surface area contributed by atoms with Gasteiger partial charge >= 0.3 is 0 Å². The normalized spacial score (nSPS) is 13.6. The van der Waals surface area contributed by atoms with Crippen molar-refractivity contribution in [3.8, 4) is 11.5 Å². The van der Waals surface area contributed by atoms with Gasteiger partial charge in [-0.3, -0.25) is 4.79 Å². The van der Waals surface area contributed by atoms with Gasteiger partial charge in [0.15, 0.2) is 18.1 Å². The summed E-state index contributed by atoms with van der Waals surface area (Å²) in [5.41, 5.74) is 2.40. The van der Waals surface area contributed by atoms with Gasteiger partial charge in [-0.25, -0.2) is 0 Å². The van der Waals surface area contributed by atoms with Crippen molar-refractivity contribution in [2.45, 2.75) is 13.1 Å². The Morgan fingerprint density at radius 3 is 2.64 bits per heavy atom. The fourth-order valence-electron chi connectivity index (χ4n) is 3.34. The van der Waals surface area contributed by atoms with E-state index in [0.29, 0.717) is 24.6 Å². The van der Waals surface area contributed by atoms with Crippen molar-refractivity contribution in [1.82, 2.24) is 9.47 Å². The lowest BCUT2D eigenvalue weighted by Gasteiger charge is -2.29. The quantitative estimate of drug-likeness (QED) is 0.735. The monoisotopic (exact) mass is 336 g/mol. The SMILES string of the molecule is COc1ccccc1OCC(=O)N1CCn2c(cc3ccccc32)C1. The maximum absolute atomic E-state index is 12.5. The lowest BCUT2D eigenvalue weighted by atomic mass is 10.2. The van der Waals surface area contributed by atoms with Crippen molar-refractivity contribution in [2.24, 2.45) is 0 Å². The number of amides is 1. The molecule has 0 spiro atoms. The number of rotatable bonds is 4. The molecule has 25 heavy (non-hydrogen) atoms. The van der Waals surface area contributed by atoms with Crippen molar-refractivity contribution in [3.63, 3.8) is 0 Å². The summed E-state index contributed by atoms with van der Waals surface area (Å²) in [6.45, 7) is 2.13. The van der Waals surface area contributed by atoms with Gasteiger partial charge in [0, 0.05) is 24.3 Å². The van der Waals surface area contributed by atoms with E-state index in [1.807, 2.05) is 35.2 Å². The molecule has 1 aromatic heterocycles. The van der Waals surface area contributed by atoms with E-state index in [1.54, 1.807) is 13.2 Å². The van der Waals surface area contributed by atoms with Gasteiger partial charge in [-0.05, 0) is 29.7 Å². The van der Waals surface area contributed by atoms with Gasteiger partial charge < -0.3 is 18.9 Å². The molecule has 0 unspecified atom stereocenters. The summed E-state index contributed by atoms with van der Waals surface area (Å²) in [4.78, 5) is 14.4. The molecular formula is C20H20N2O3. The molecule has 0 N–H and O–H groups in total. The lowest BCUT2D eigenvalue weighted by Crippen LogP contribution is -2.40. The number of methoxy groups -OCH3 is 1. The van der Waals surface area contributed by atoms with Crippen LogP contribution in [-0.2, 0) is 17.9 Å². The lowest BCUT2D eigenvalue weighted by molar-refractivity contribution is -0.134. The van der Waals surface area contributed by atoms with Crippen LogP contribution in [-0.4, -0.2) is 35.6 Å². The molecule has 0 bridgehead atoms. The van der Waals surface area contributed by atoms with E-state index in [2.05, 4.69) is 22.8 Å². The van der Waals surface area contributed by atoms with Crippen molar-refractivity contribution in [1.29, 1.82) is 0 Å². The van der Waals surface area contributed by atoms with Crippen molar-refractivity contribution in [2.75, 3.05) is 20.3 Å². The number of hydrogen-bond acceptors (Lipinski definition) is 3. The number of fused-ring (bicyclic) bond motifs is 3. The van der Waals surface area contributed by atoms with Crippen LogP contribution >= 0.6 is 0 Å². The van der Waals surface area contributed by atoms with Crippen LogP contribution in [0.25, 0.3) is 10.9 Å². The highest BCUT2D eigenvalue weighted by Crippen LogP contribution is 2.26. The van der Waals surface area contributed by atoms with Gasteiger partial charge in [0.25, 0.3) is 5.91 Å². The minimum absolute atomic E-state index is 0.0117. The molecule has 0 aliphatic carbocycles. The van der Waals surface area contributed by atoms with E-state index in [4.69, 9.17) is 9.47 Å². The van der Waals surface area contributed by atoms with E-state index in [9.17, 15) is 4.79 Å². The third-order valence-electron chi connectivity index (χ3n) is 4.62. The highest BCUT2D eigenvalue weighted by molar-refractivity contribution is 5.82. The predicted molar refractivity (Wildman–Crippen MR) is 95.8 cm³/mol. The Kier molecular flexibility index (Phi) is 4.06. The first-order chi connectivity index (χ1) is 12.3. The number of ether oxygens (including phenoxy) is 2. The molecule has 2 aromatic carbocycles. The molecule has 0 saturated heterocycles. The molecule has 1 aliphatic rings. The van der Waals surface area contributed by atoms with Gasteiger partial charge in [-0.15, -0.1) is 0 Å². The molecule has 0 saturated carbocycles. The molecule has 3 aromatic rings. The number of aromatic nitrogens is 1. The summed E-state index contributed by atoms with van der Waals surface area (Å²) in [6.07, 6.45) is 0. The van der Waals surface area contributed by atoms with Crippen LogP contribution in [0.15, 0.2) is 54.6 Å². The van der Waals surface area contributed by atoms with Crippen LogP contribution in [0.3, 0.4) is 0 Å². The second-order valence-electron chi connectivity index (χ2n) is 6.10. The topological polar surface area (TPSA) is 43.7 Å². The van der Waals surface area contributed by atoms with Gasteiger partial charge in [-0.1, -0.05) is 30.3 Å². The average Bonchev–Trinajstić information content (AvgIpc) is 3.04.